The predicted octanol–water partition coefficient (Wildman–Crippen LogP) is 7.53. The normalized spacial score (nSPS) is 15.8. The molecule has 0 spiro atoms. The van der Waals surface area contributed by atoms with E-state index in [4.69, 9.17) is 20.9 Å². The average molecular weight is 705 g/mol. The lowest BCUT2D eigenvalue weighted by atomic mass is 9.76. The van der Waals surface area contributed by atoms with Crippen LogP contribution < -0.4 is 10.6 Å². The quantitative estimate of drug-likeness (QED) is 0.0660. The van der Waals surface area contributed by atoms with Crippen LogP contribution in [-0.2, 0) is 32.7 Å². The van der Waals surface area contributed by atoms with Gasteiger partial charge in [0.2, 0.25) is 5.91 Å². The molecule has 0 aliphatic carbocycles. The zero-order valence-corrected chi connectivity index (χ0v) is 30.5. The van der Waals surface area contributed by atoms with Gasteiger partial charge in [-0.15, -0.1) is 5.10 Å². The van der Waals surface area contributed by atoms with Crippen LogP contribution in [0.25, 0.3) is 0 Å². The lowest BCUT2D eigenvalue weighted by Gasteiger charge is -2.40. The first-order chi connectivity index (χ1) is 24.6. The van der Waals surface area contributed by atoms with Crippen LogP contribution in [0.1, 0.15) is 81.1 Å². The van der Waals surface area contributed by atoms with Crippen LogP contribution in [0.3, 0.4) is 0 Å². The lowest BCUT2D eigenvalue weighted by Crippen LogP contribution is -2.47. The lowest BCUT2D eigenvalue weighted by molar-refractivity contribution is -0.122. The largest absolute Gasteiger partial charge is 0.457 e. The van der Waals surface area contributed by atoms with Gasteiger partial charge in [0, 0.05) is 11.6 Å². The number of hydrogen-bond donors (Lipinski definition) is 2. The Morgan fingerprint density at radius 1 is 0.804 bits per heavy atom. The van der Waals surface area contributed by atoms with Crippen LogP contribution in [0.15, 0.2) is 115 Å². The van der Waals surface area contributed by atoms with E-state index in [0.717, 1.165) is 41.4 Å². The molecule has 0 bridgehead atoms. The number of unbranched alkanes of at least 4 members (excludes halogenated alkanes) is 1. The number of rotatable bonds is 15. The zero-order valence-electron chi connectivity index (χ0n) is 29.8. The van der Waals surface area contributed by atoms with Crippen LogP contribution in [-0.4, -0.2) is 44.4 Å². The molecule has 4 aromatic carbocycles. The molecule has 1 aromatic heterocycles. The van der Waals surface area contributed by atoms with Gasteiger partial charge in [-0.25, -0.2) is 4.68 Å². The summed E-state index contributed by atoms with van der Waals surface area (Å²) in [5, 5.41) is 20.6. The molecule has 1 saturated heterocycles. The number of amides is 1. The summed E-state index contributed by atoms with van der Waals surface area (Å²) in [6.45, 7) is 8.56. The van der Waals surface area contributed by atoms with Gasteiger partial charge in [-0.05, 0) is 79.2 Å². The summed E-state index contributed by atoms with van der Waals surface area (Å²) in [5.41, 5.74) is 2.52. The molecule has 1 fully saturated rings. The molecule has 264 valence electrons. The molecule has 5 aromatic rings. The van der Waals surface area contributed by atoms with Gasteiger partial charge in [0.25, 0.3) is 0 Å². The van der Waals surface area contributed by atoms with Crippen molar-refractivity contribution in [3.8, 4) is 0 Å². The highest BCUT2D eigenvalue weighted by Crippen LogP contribution is 2.41. The summed E-state index contributed by atoms with van der Waals surface area (Å²) in [6, 6.07) is 38.4. The fourth-order valence-electron chi connectivity index (χ4n) is 6.69. The van der Waals surface area contributed by atoms with Crippen molar-refractivity contribution in [1.82, 2.24) is 30.8 Å². The van der Waals surface area contributed by atoms with Gasteiger partial charge in [-0.2, -0.15) is 0 Å². The van der Waals surface area contributed by atoms with Crippen molar-refractivity contribution >= 4 is 24.6 Å². The first-order valence-electron chi connectivity index (χ1n) is 17.7. The molecule has 1 aliphatic heterocycles. The highest BCUT2D eigenvalue weighted by Gasteiger charge is 2.50. The Morgan fingerprint density at radius 2 is 1.33 bits per heavy atom. The van der Waals surface area contributed by atoms with Gasteiger partial charge in [0.1, 0.15) is 6.54 Å². The van der Waals surface area contributed by atoms with Gasteiger partial charge in [0.05, 0.1) is 22.8 Å². The van der Waals surface area contributed by atoms with Crippen LogP contribution in [0.4, 0.5) is 0 Å². The Labute approximate surface area is 306 Å². The number of carbonyl (C=O) groups excluding carboxylic acids is 1. The number of halogens is 1. The van der Waals surface area contributed by atoms with E-state index in [0.29, 0.717) is 23.8 Å². The monoisotopic (exact) mass is 704 g/mol. The predicted molar refractivity (Wildman–Crippen MR) is 201 cm³/mol. The molecular formula is C40H46BClN6O3. The summed E-state index contributed by atoms with van der Waals surface area (Å²) >= 11 is 6.35. The smallest absolute Gasteiger partial charge is 0.403 e. The maximum Gasteiger partial charge on any atom is 0.457 e. The van der Waals surface area contributed by atoms with E-state index >= 15 is 0 Å². The van der Waals surface area contributed by atoms with Gasteiger partial charge in [-0.1, -0.05) is 134 Å². The molecule has 6 rings (SSSR count). The minimum Gasteiger partial charge on any atom is -0.403 e. The van der Waals surface area contributed by atoms with Crippen molar-refractivity contribution in [1.29, 1.82) is 0 Å². The summed E-state index contributed by atoms with van der Waals surface area (Å²) in [4.78, 5) is 13.3. The van der Waals surface area contributed by atoms with Crippen molar-refractivity contribution in [3.63, 3.8) is 0 Å². The van der Waals surface area contributed by atoms with Crippen molar-refractivity contribution < 1.29 is 14.1 Å². The van der Waals surface area contributed by atoms with Crippen LogP contribution >= 0.6 is 11.6 Å². The van der Waals surface area contributed by atoms with E-state index in [1.54, 1.807) is 4.68 Å². The maximum absolute atomic E-state index is 13.3. The van der Waals surface area contributed by atoms with Crippen molar-refractivity contribution in [3.05, 3.63) is 148 Å². The van der Waals surface area contributed by atoms with E-state index in [9.17, 15) is 4.79 Å². The van der Waals surface area contributed by atoms with Crippen molar-refractivity contribution in [2.45, 2.75) is 89.1 Å². The fraction of sp³-hybridized carbons (Fsp3) is 0.350. The number of tetrazole rings is 1. The SMILES string of the molecule is CC1(C)OB(CCCCC(NC(c2ccccc2)(c2ccccc2)c2ccccc2)c2nnnn2CC(=O)NCc2ccccc2Cl)OC1(C)C. The number of aromatic nitrogens is 4. The Hall–Kier alpha value is -4.35. The molecule has 2 N–H and O–H groups in total. The van der Waals surface area contributed by atoms with E-state index in [1.165, 1.54) is 0 Å². The Bertz CT molecular complexity index is 1760. The van der Waals surface area contributed by atoms with Gasteiger partial charge in [-0.3, -0.25) is 10.1 Å². The molecule has 1 unspecified atom stereocenters. The molecule has 1 atom stereocenters. The molecule has 0 saturated carbocycles. The maximum atomic E-state index is 13.3. The molecule has 11 heteroatoms. The first-order valence-corrected chi connectivity index (χ1v) is 18.0. The third-order valence-electron chi connectivity index (χ3n) is 10.1. The number of benzene rings is 4. The average Bonchev–Trinajstić information content (AvgIpc) is 3.67. The Morgan fingerprint density at radius 3 is 1.88 bits per heavy atom. The van der Waals surface area contributed by atoms with Gasteiger partial charge < -0.3 is 14.6 Å². The van der Waals surface area contributed by atoms with Crippen LogP contribution in [0, 0.1) is 0 Å². The summed E-state index contributed by atoms with van der Waals surface area (Å²) < 4.78 is 14.2. The standard InChI is InChI=1S/C40H46BClN6O3/c1-38(2)39(3,4)51-41(50-38)27-17-16-26-35(37-45-46-47-48(37)29-36(49)43-28-30-18-14-15-25-34(30)42)44-40(31-19-8-5-9-20-31,32-21-10-6-11-22-32)33-23-12-7-13-24-33/h5-15,18-25,35,44H,16-17,26-29H2,1-4H3,(H,43,49). The molecule has 1 aliphatic rings. The zero-order chi connectivity index (χ0) is 35.9. The topological polar surface area (TPSA) is 103 Å². The number of carbonyl (C=O) groups is 1. The number of hydrogen-bond acceptors (Lipinski definition) is 7. The van der Waals surface area contributed by atoms with Gasteiger partial charge in [0.15, 0.2) is 5.82 Å². The number of nitrogens with one attached hydrogen (secondary N) is 2. The Balaban J connectivity index is 1.32. The van der Waals surface area contributed by atoms with Crippen LogP contribution in [0.2, 0.25) is 11.3 Å². The second kappa shape index (κ2) is 15.9. The minimum atomic E-state index is -0.775. The van der Waals surface area contributed by atoms with Crippen molar-refractivity contribution in [2.75, 3.05) is 0 Å². The minimum absolute atomic E-state index is 0.0477. The third kappa shape index (κ3) is 8.26. The summed E-state index contributed by atoms with van der Waals surface area (Å²) in [5.74, 6) is 0.356. The van der Waals surface area contributed by atoms with E-state index < -0.39 is 5.54 Å². The molecule has 51 heavy (non-hydrogen) atoms. The second-order valence-corrected chi connectivity index (χ2v) is 14.5. The Kier molecular flexibility index (Phi) is 11.4. The molecular weight excluding hydrogens is 659 g/mol. The van der Waals surface area contributed by atoms with Gasteiger partial charge >= 0.3 is 7.12 Å². The van der Waals surface area contributed by atoms with E-state index in [-0.39, 0.29) is 36.8 Å². The molecule has 0 radical (unpaired) electrons. The van der Waals surface area contributed by atoms with Crippen LogP contribution in [0.5, 0.6) is 0 Å². The van der Waals surface area contributed by atoms with Crippen molar-refractivity contribution in [2.24, 2.45) is 0 Å². The highest BCUT2D eigenvalue weighted by atomic mass is 35.5. The number of nitrogens with zero attached hydrogens (tertiary/aromatic N) is 4. The van der Waals surface area contributed by atoms with E-state index in [2.05, 4.69) is 127 Å². The molecule has 2 heterocycles. The third-order valence-corrected chi connectivity index (χ3v) is 10.5. The highest BCUT2D eigenvalue weighted by molar-refractivity contribution is 6.45. The first kappa shape index (κ1) is 36.4. The fourth-order valence-corrected chi connectivity index (χ4v) is 6.89. The molecule has 1 amide bonds. The molecule has 9 nitrogen and oxygen atoms in total. The van der Waals surface area contributed by atoms with E-state index in [1.807, 2.05) is 42.5 Å². The summed E-state index contributed by atoms with van der Waals surface area (Å²) in [7, 11) is -0.273. The summed E-state index contributed by atoms with van der Waals surface area (Å²) in [6.07, 6.45) is 3.15. The second-order valence-electron chi connectivity index (χ2n) is 14.1.